The molecule has 3 rings (SSSR count). The van der Waals surface area contributed by atoms with Crippen LogP contribution in [0, 0.1) is 0 Å². The average molecular weight is 191 g/mol. The molecular weight excluding hydrogens is 176 g/mol. The van der Waals surface area contributed by atoms with Crippen molar-refractivity contribution in [1.82, 2.24) is 0 Å². The lowest BCUT2D eigenvalue weighted by Gasteiger charge is -2.04. The van der Waals surface area contributed by atoms with E-state index in [1.54, 1.807) is 6.07 Å². The molecule has 2 saturated carbocycles. The fourth-order valence-corrected chi connectivity index (χ4v) is 1.79. The standard InChI is InChI=1S/C11H14N2O/c14-10-2-1-7-13(12-9-5-6-9)11(10)8-3-4-8/h1-2,7-9,12H,3-6H2/p+1. The molecule has 0 atom stereocenters. The Morgan fingerprint density at radius 1 is 1.29 bits per heavy atom. The molecular formula is C11H15N2O+. The van der Waals surface area contributed by atoms with E-state index in [0.717, 1.165) is 5.69 Å². The zero-order chi connectivity index (χ0) is 9.54. The fourth-order valence-electron chi connectivity index (χ4n) is 1.79. The first kappa shape index (κ1) is 8.09. The summed E-state index contributed by atoms with van der Waals surface area (Å²) in [5.74, 6) is 1.01. The fraction of sp³-hybridized carbons (Fsp3) is 0.545. The van der Waals surface area contributed by atoms with Crippen LogP contribution in [-0.4, -0.2) is 11.1 Å². The Balaban J connectivity index is 1.94. The van der Waals surface area contributed by atoms with E-state index in [0.29, 0.717) is 17.7 Å². The monoisotopic (exact) mass is 191 g/mol. The highest BCUT2D eigenvalue weighted by Gasteiger charge is 2.37. The molecule has 0 unspecified atom stereocenters. The van der Waals surface area contributed by atoms with Crippen LogP contribution in [0.2, 0.25) is 0 Å². The first-order valence-corrected chi connectivity index (χ1v) is 5.34. The van der Waals surface area contributed by atoms with Crippen molar-refractivity contribution in [2.24, 2.45) is 0 Å². The highest BCUT2D eigenvalue weighted by Crippen LogP contribution is 2.41. The molecule has 14 heavy (non-hydrogen) atoms. The number of pyridine rings is 1. The summed E-state index contributed by atoms with van der Waals surface area (Å²) < 4.78 is 2.02. The van der Waals surface area contributed by atoms with Gasteiger partial charge >= 0.3 is 0 Å². The second kappa shape index (κ2) is 2.87. The van der Waals surface area contributed by atoms with Crippen molar-refractivity contribution in [3.05, 3.63) is 24.0 Å². The number of hydrogen-bond acceptors (Lipinski definition) is 2. The predicted molar refractivity (Wildman–Crippen MR) is 52.7 cm³/mol. The maximum absolute atomic E-state index is 9.77. The van der Waals surface area contributed by atoms with Crippen LogP contribution >= 0.6 is 0 Å². The second-order valence-corrected chi connectivity index (χ2v) is 4.33. The minimum Gasteiger partial charge on any atom is -0.502 e. The predicted octanol–water partition coefficient (Wildman–Crippen LogP) is 1.26. The van der Waals surface area contributed by atoms with Gasteiger partial charge in [-0.15, -0.1) is 0 Å². The number of nitrogens with zero attached hydrogens (tertiary/aromatic N) is 1. The Labute approximate surface area is 83.4 Å². The van der Waals surface area contributed by atoms with Crippen LogP contribution < -0.4 is 10.1 Å². The molecule has 2 aliphatic rings. The third kappa shape index (κ3) is 1.43. The van der Waals surface area contributed by atoms with Gasteiger partial charge in [0, 0.05) is 6.07 Å². The molecule has 1 heterocycles. The van der Waals surface area contributed by atoms with E-state index >= 15 is 0 Å². The lowest BCUT2D eigenvalue weighted by atomic mass is 10.2. The van der Waals surface area contributed by atoms with E-state index in [4.69, 9.17) is 0 Å². The molecule has 3 nitrogen and oxygen atoms in total. The van der Waals surface area contributed by atoms with Crippen molar-refractivity contribution in [2.75, 3.05) is 5.43 Å². The average Bonchev–Trinajstić information content (AvgIpc) is 2.98. The van der Waals surface area contributed by atoms with Gasteiger partial charge in [-0.3, -0.25) is 0 Å². The molecule has 0 bridgehead atoms. The quantitative estimate of drug-likeness (QED) is 0.706. The molecule has 2 fully saturated rings. The Morgan fingerprint density at radius 3 is 2.71 bits per heavy atom. The first-order valence-electron chi connectivity index (χ1n) is 5.34. The summed E-state index contributed by atoms with van der Waals surface area (Å²) >= 11 is 0. The molecule has 1 aromatic heterocycles. The number of rotatable bonds is 3. The van der Waals surface area contributed by atoms with Crippen molar-refractivity contribution in [3.8, 4) is 5.75 Å². The summed E-state index contributed by atoms with van der Waals surface area (Å²) in [5, 5.41) is 9.77. The largest absolute Gasteiger partial charge is 0.502 e. The van der Waals surface area contributed by atoms with Crippen LogP contribution in [0.3, 0.4) is 0 Å². The molecule has 0 radical (unpaired) electrons. The van der Waals surface area contributed by atoms with Crippen molar-refractivity contribution >= 4 is 0 Å². The van der Waals surface area contributed by atoms with E-state index in [2.05, 4.69) is 5.43 Å². The molecule has 0 aliphatic heterocycles. The topological polar surface area (TPSA) is 36.1 Å². The molecule has 0 spiro atoms. The third-order valence-electron chi connectivity index (χ3n) is 2.87. The van der Waals surface area contributed by atoms with E-state index in [-0.39, 0.29) is 0 Å². The Morgan fingerprint density at radius 2 is 2.07 bits per heavy atom. The molecule has 3 heteroatoms. The highest BCUT2D eigenvalue weighted by atomic mass is 16.3. The van der Waals surface area contributed by atoms with E-state index in [1.165, 1.54) is 25.7 Å². The SMILES string of the molecule is Oc1ccc[n+](NC2CC2)c1C1CC1. The highest BCUT2D eigenvalue weighted by molar-refractivity contribution is 5.27. The van der Waals surface area contributed by atoms with Gasteiger partial charge in [-0.25, -0.2) is 0 Å². The van der Waals surface area contributed by atoms with Crippen molar-refractivity contribution in [1.29, 1.82) is 0 Å². The Kier molecular flexibility index (Phi) is 1.66. The summed E-state index contributed by atoms with van der Waals surface area (Å²) in [7, 11) is 0. The molecule has 74 valence electrons. The van der Waals surface area contributed by atoms with Crippen molar-refractivity contribution in [2.45, 2.75) is 37.6 Å². The Bertz CT molecular complexity index is 356. The number of aromatic nitrogens is 1. The lowest BCUT2D eigenvalue weighted by Crippen LogP contribution is -2.49. The van der Waals surface area contributed by atoms with Crippen molar-refractivity contribution < 1.29 is 9.78 Å². The number of hydrogen-bond donors (Lipinski definition) is 2. The van der Waals surface area contributed by atoms with Crippen LogP contribution in [0.15, 0.2) is 18.3 Å². The summed E-state index contributed by atoms with van der Waals surface area (Å²) in [6, 6.07) is 4.29. The lowest BCUT2D eigenvalue weighted by molar-refractivity contribution is -0.659. The van der Waals surface area contributed by atoms with Gasteiger partial charge in [0.2, 0.25) is 0 Å². The molecule has 0 amide bonds. The minimum atomic E-state index is 0.433. The summed E-state index contributed by atoms with van der Waals surface area (Å²) in [6.45, 7) is 0. The zero-order valence-corrected chi connectivity index (χ0v) is 8.11. The van der Waals surface area contributed by atoms with Gasteiger partial charge in [0.25, 0.3) is 5.69 Å². The van der Waals surface area contributed by atoms with Gasteiger partial charge in [-0.05, 0) is 31.7 Å². The number of aromatic hydroxyl groups is 1. The van der Waals surface area contributed by atoms with Crippen LogP contribution in [-0.2, 0) is 0 Å². The third-order valence-corrected chi connectivity index (χ3v) is 2.87. The zero-order valence-electron chi connectivity index (χ0n) is 8.11. The van der Waals surface area contributed by atoms with Crippen molar-refractivity contribution in [3.63, 3.8) is 0 Å². The summed E-state index contributed by atoms with van der Waals surface area (Å²) in [5.41, 5.74) is 4.47. The van der Waals surface area contributed by atoms with Gasteiger partial charge in [0.15, 0.2) is 11.9 Å². The van der Waals surface area contributed by atoms with Gasteiger partial charge in [-0.1, -0.05) is 4.68 Å². The smallest absolute Gasteiger partial charge is 0.256 e. The maximum Gasteiger partial charge on any atom is 0.256 e. The van der Waals surface area contributed by atoms with Crippen LogP contribution in [0.25, 0.3) is 0 Å². The van der Waals surface area contributed by atoms with Gasteiger partial charge in [-0.2, -0.15) is 5.43 Å². The van der Waals surface area contributed by atoms with Gasteiger partial charge in [0.1, 0.15) is 0 Å². The Hall–Kier alpha value is -1.25. The van der Waals surface area contributed by atoms with Crippen LogP contribution in [0.4, 0.5) is 0 Å². The molecule has 2 N–H and O–H groups in total. The maximum atomic E-state index is 9.77. The number of nitrogens with one attached hydrogen (secondary N) is 1. The van der Waals surface area contributed by atoms with Gasteiger partial charge < -0.3 is 5.11 Å². The summed E-state index contributed by atoms with van der Waals surface area (Å²) in [4.78, 5) is 0. The second-order valence-electron chi connectivity index (χ2n) is 4.33. The van der Waals surface area contributed by atoms with Gasteiger partial charge in [0.05, 0.1) is 12.0 Å². The van der Waals surface area contributed by atoms with E-state index in [9.17, 15) is 5.11 Å². The molecule has 2 aliphatic carbocycles. The normalized spacial score (nSPS) is 20.9. The molecule has 0 aromatic carbocycles. The van der Waals surface area contributed by atoms with E-state index < -0.39 is 0 Å². The molecule has 1 aromatic rings. The van der Waals surface area contributed by atoms with Crippen LogP contribution in [0.5, 0.6) is 5.75 Å². The van der Waals surface area contributed by atoms with E-state index in [1.807, 2.05) is 16.9 Å². The molecule has 0 saturated heterocycles. The summed E-state index contributed by atoms with van der Waals surface area (Å²) in [6.07, 6.45) is 6.94. The first-order chi connectivity index (χ1) is 6.84. The minimum absolute atomic E-state index is 0.433. The van der Waals surface area contributed by atoms with Crippen LogP contribution in [0.1, 0.15) is 37.3 Å².